The Morgan fingerprint density at radius 1 is 1.33 bits per heavy atom. The fraction of sp³-hybridized carbons (Fsp3) is 0.250. The SMILES string of the molecule is CCOc1cc(C)nc2ccc(F)cc12. The molecule has 0 amide bonds. The fourth-order valence-corrected chi connectivity index (χ4v) is 1.57. The minimum atomic E-state index is -0.269. The Balaban J connectivity index is 2.70. The smallest absolute Gasteiger partial charge is 0.130 e. The van der Waals surface area contributed by atoms with Gasteiger partial charge in [-0.15, -0.1) is 0 Å². The van der Waals surface area contributed by atoms with Gasteiger partial charge < -0.3 is 4.74 Å². The van der Waals surface area contributed by atoms with Crippen LogP contribution in [0.4, 0.5) is 4.39 Å². The van der Waals surface area contributed by atoms with E-state index in [4.69, 9.17) is 4.74 Å². The third-order valence-electron chi connectivity index (χ3n) is 2.16. The number of halogens is 1. The minimum absolute atomic E-state index is 0.269. The highest BCUT2D eigenvalue weighted by Gasteiger charge is 2.05. The van der Waals surface area contributed by atoms with Crippen molar-refractivity contribution in [1.29, 1.82) is 0 Å². The molecule has 1 aromatic heterocycles. The van der Waals surface area contributed by atoms with Crippen molar-refractivity contribution in [2.75, 3.05) is 6.61 Å². The Labute approximate surface area is 87.7 Å². The molecule has 15 heavy (non-hydrogen) atoms. The first-order valence-electron chi connectivity index (χ1n) is 4.90. The van der Waals surface area contributed by atoms with Crippen molar-refractivity contribution in [3.63, 3.8) is 0 Å². The Kier molecular flexibility index (Phi) is 2.54. The molecule has 0 radical (unpaired) electrons. The summed E-state index contributed by atoms with van der Waals surface area (Å²) in [6, 6.07) is 6.35. The van der Waals surface area contributed by atoms with Crippen LogP contribution in [-0.2, 0) is 0 Å². The van der Waals surface area contributed by atoms with E-state index in [1.54, 1.807) is 6.07 Å². The highest BCUT2D eigenvalue weighted by atomic mass is 19.1. The van der Waals surface area contributed by atoms with Crippen LogP contribution in [0.2, 0.25) is 0 Å². The molecule has 0 saturated heterocycles. The number of hydrogen-bond acceptors (Lipinski definition) is 2. The van der Waals surface area contributed by atoms with E-state index in [1.807, 2.05) is 19.9 Å². The first kappa shape index (κ1) is 9.90. The quantitative estimate of drug-likeness (QED) is 0.751. The molecule has 0 aliphatic heterocycles. The number of aryl methyl sites for hydroxylation is 1. The van der Waals surface area contributed by atoms with E-state index in [0.717, 1.165) is 16.6 Å². The standard InChI is InChI=1S/C12H12FNO/c1-3-15-12-6-8(2)14-11-5-4-9(13)7-10(11)12/h4-7H,3H2,1-2H3. The van der Waals surface area contributed by atoms with Gasteiger partial charge in [0.2, 0.25) is 0 Å². The molecule has 0 spiro atoms. The lowest BCUT2D eigenvalue weighted by Crippen LogP contribution is -1.95. The highest BCUT2D eigenvalue weighted by Crippen LogP contribution is 2.25. The Hall–Kier alpha value is -1.64. The molecule has 1 heterocycles. The molecular formula is C12H12FNO. The van der Waals surface area contributed by atoms with Crippen LogP contribution in [0.25, 0.3) is 10.9 Å². The van der Waals surface area contributed by atoms with Crippen LogP contribution in [0.15, 0.2) is 24.3 Å². The molecule has 2 nitrogen and oxygen atoms in total. The number of nitrogens with zero attached hydrogens (tertiary/aromatic N) is 1. The topological polar surface area (TPSA) is 22.1 Å². The van der Waals surface area contributed by atoms with E-state index >= 15 is 0 Å². The van der Waals surface area contributed by atoms with E-state index in [2.05, 4.69) is 4.98 Å². The number of pyridine rings is 1. The number of rotatable bonds is 2. The van der Waals surface area contributed by atoms with E-state index in [9.17, 15) is 4.39 Å². The molecule has 3 heteroatoms. The lowest BCUT2D eigenvalue weighted by Gasteiger charge is -2.08. The maximum atomic E-state index is 13.1. The number of aromatic nitrogens is 1. The Morgan fingerprint density at radius 2 is 2.13 bits per heavy atom. The maximum Gasteiger partial charge on any atom is 0.130 e. The van der Waals surface area contributed by atoms with E-state index in [-0.39, 0.29) is 5.82 Å². The highest BCUT2D eigenvalue weighted by molar-refractivity contribution is 5.85. The van der Waals surface area contributed by atoms with E-state index in [1.165, 1.54) is 12.1 Å². The average Bonchev–Trinajstić information content (AvgIpc) is 2.19. The van der Waals surface area contributed by atoms with E-state index in [0.29, 0.717) is 12.4 Å². The molecule has 78 valence electrons. The number of hydrogen-bond donors (Lipinski definition) is 0. The summed E-state index contributed by atoms with van der Waals surface area (Å²) < 4.78 is 18.5. The van der Waals surface area contributed by atoms with Gasteiger partial charge in [-0.25, -0.2) is 4.39 Å². The largest absolute Gasteiger partial charge is 0.493 e. The Bertz CT molecular complexity index is 496. The molecule has 0 saturated carbocycles. The molecule has 1 aromatic carbocycles. The van der Waals surface area contributed by atoms with Crippen LogP contribution in [0.3, 0.4) is 0 Å². The molecule has 0 fully saturated rings. The number of benzene rings is 1. The predicted octanol–water partition coefficient (Wildman–Crippen LogP) is 3.08. The molecular weight excluding hydrogens is 193 g/mol. The third-order valence-corrected chi connectivity index (χ3v) is 2.16. The van der Waals surface area contributed by atoms with Crippen LogP contribution in [0, 0.1) is 12.7 Å². The first-order valence-corrected chi connectivity index (χ1v) is 4.90. The van der Waals surface area contributed by atoms with Gasteiger partial charge in [-0.3, -0.25) is 4.98 Å². The zero-order chi connectivity index (χ0) is 10.8. The molecule has 0 atom stereocenters. The molecule has 0 N–H and O–H groups in total. The van der Waals surface area contributed by atoms with Gasteiger partial charge in [0.1, 0.15) is 11.6 Å². The lowest BCUT2D eigenvalue weighted by molar-refractivity contribution is 0.343. The van der Waals surface area contributed by atoms with Crippen molar-refractivity contribution in [3.05, 3.63) is 35.8 Å². The summed E-state index contributed by atoms with van der Waals surface area (Å²) in [5, 5.41) is 0.724. The second-order valence-corrected chi connectivity index (χ2v) is 3.36. The summed E-state index contributed by atoms with van der Waals surface area (Å²) in [5.74, 6) is 0.425. The summed E-state index contributed by atoms with van der Waals surface area (Å²) in [7, 11) is 0. The van der Waals surface area contributed by atoms with Crippen molar-refractivity contribution >= 4 is 10.9 Å². The van der Waals surface area contributed by atoms with E-state index < -0.39 is 0 Å². The van der Waals surface area contributed by atoms with Crippen LogP contribution in [0.1, 0.15) is 12.6 Å². The summed E-state index contributed by atoms with van der Waals surface area (Å²) in [6.45, 7) is 4.36. The monoisotopic (exact) mass is 205 g/mol. The molecule has 2 aromatic rings. The predicted molar refractivity (Wildman–Crippen MR) is 57.6 cm³/mol. The molecule has 0 unspecified atom stereocenters. The fourth-order valence-electron chi connectivity index (χ4n) is 1.57. The zero-order valence-corrected chi connectivity index (χ0v) is 8.75. The number of ether oxygens (including phenoxy) is 1. The summed E-state index contributed by atoms with van der Waals surface area (Å²) in [5.41, 5.74) is 1.64. The summed E-state index contributed by atoms with van der Waals surface area (Å²) in [6.07, 6.45) is 0. The molecule has 0 bridgehead atoms. The van der Waals surface area contributed by atoms with Gasteiger partial charge in [-0.05, 0) is 32.0 Å². The third kappa shape index (κ3) is 1.91. The summed E-state index contributed by atoms with van der Waals surface area (Å²) in [4.78, 5) is 4.31. The van der Waals surface area contributed by atoms with Crippen molar-refractivity contribution < 1.29 is 9.13 Å². The van der Waals surface area contributed by atoms with Crippen LogP contribution >= 0.6 is 0 Å². The molecule has 2 rings (SSSR count). The Morgan fingerprint density at radius 3 is 2.87 bits per heavy atom. The van der Waals surface area contributed by atoms with Gasteiger partial charge in [0.15, 0.2) is 0 Å². The van der Waals surface area contributed by atoms with Gasteiger partial charge in [0.05, 0.1) is 12.1 Å². The summed E-state index contributed by atoms with van der Waals surface area (Å²) >= 11 is 0. The van der Waals surface area contributed by atoms with Crippen molar-refractivity contribution in [1.82, 2.24) is 4.98 Å². The minimum Gasteiger partial charge on any atom is -0.493 e. The van der Waals surface area contributed by atoms with Crippen LogP contribution in [0.5, 0.6) is 5.75 Å². The van der Waals surface area contributed by atoms with Crippen LogP contribution < -0.4 is 4.74 Å². The second kappa shape index (κ2) is 3.85. The zero-order valence-electron chi connectivity index (χ0n) is 8.75. The van der Waals surface area contributed by atoms with Gasteiger partial charge >= 0.3 is 0 Å². The normalized spacial score (nSPS) is 10.6. The number of fused-ring (bicyclic) bond motifs is 1. The van der Waals surface area contributed by atoms with Crippen molar-refractivity contribution in [3.8, 4) is 5.75 Å². The average molecular weight is 205 g/mol. The second-order valence-electron chi connectivity index (χ2n) is 3.36. The van der Waals surface area contributed by atoms with Crippen LogP contribution in [-0.4, -0.2) is 11.6 Å². The van der Waals surface area contributed by atoms with Gasteiger partial charge in [-0.1, -0.05) is 0 Å². The molecule has 0 aliphatic carbocycles. The maximum absolute atomic E-state index is 13.1. The van der Waals surface area contributed by atoms with Gasteiger partial charge in [-0.2, -0.15) is 0 Å². The molecule has 0 aliphatic rings. The van der Waals surface area contributed by atoms with Gasteiger partial charge in [0, 0.05) is 17.1 Å². The van der Waals surface area contributed by atoms with Gasteiger partial charge in [0.25, 0.3) is 0 Å². The lowest BCUT2D eigenvalue weighted by atomic mass is 10.2. The van der Waals surface area contributed by atoms with Crippen molar-refractivity contribution in [2.24, 2.45) is 0 Å². The van der Waals surface area contributed by atoms with Crippen molar-refractivity contribution in [2.45, 2.75) is 13.8 Å². The first-order chi connectivity index (χ1) is 7.20.